The summed E-state index contributed by atoms with van der Waals surface area (Å²) in [4.78, 5) is 4.99. The predicted octanol–water partition coefficient (Wildman–Crippen LogP) is 2.04. The Kier molecular flexibility index (Phi) is 7.83. The van der Waals surface area contributed by atoms with E-state index in [0.717, 1.165) is 10.6 Å². The largest absolute Gasteiger partial charge is 0.492 e. The van der Waals surface area contributed by atoms with Crippen LogP contribution in [0.1, 0.15) is 0 Å². The molecule has 0 aliphatic carbocycles. The molecule has 0 aromatic heterocycles. The normalized spacial score (nSPS) is 12.5. The van der Waals surface area contributed by atoms with Gasteiger partial charge in [-0.1, -0.05) is 36.4 Å². The lowest BCUT2D eigenvalue weighted by atomic mass is 10.3. The molecule has 0 bridgehead atoms. The van der Waals surface area contributed by atoms with E-state index in [0.29, 0.717) is 31.4 Å². The molecular formula is C18H23N3O2S. The van der Waals surface area contributed by atoms with Crippen LogP contribution < -0.4 is 15.4 Å². The lowest BCUT2D eigenvalue weighted by molar-refractivity contribution is 0.322. The Morgan fingerprint density at radius 1 is 1.00 bits per heavy atom. The van der Waals surface area contributed by atoms with Crippen molar-refractivity contribution in [3.05, 3.63) is 60.7 Å². The van der Waals surface area contributed by atoms with Crippen LogP contribution >= 0.6 is 0 Å². The van der Waals surface area contributed by atoms with Gasteiger partial charge >= 0.3 is 0 Å². The van der Waals surface area contributed by atoms with Crippen molar-refractivity contribution in [3.8, 4) is 5.75 Å². The van der Waals surface area contributed by atoms with Gasteiger partial charge in [0.15, 0.2) is 5.96 Å². The third kappa shape index (κ3) is 6.42. The van der Waals surface area contributed by atoms with E-state index in [9.17, 15) is 4.21 Å². The first-order valence-electron chi connectivity index (χ1n) is 7.85. The Morgan fingerprint density at radius 3 is 2.29 bits per heavy atom. The van der Waals surface area contributed by atoms with Crippen LogP contribution in [0.4, 0.5) is 0 Å². The quantitative estimate of drug-likeness (QED) is 0.437. The zero-order valence-electron chi connectivity index (χ0n) is 13.8. The minimum atomic E-state index is -1.00. The number of ether oxygens (including phenoxy) is 1. The van der Waals surface area contributed by atoms with Crippen molar-refractivity contribution in [2.75, 3.05) is 32.5 Å². The molecule has 1 unspecified atom stereocenters. The first-order valence-corrected chi connectivity index (χ1v) is 9.17. The van der Waals surface area contributed by atoms with Crippen LogP contribution in [0.15, 0.2) is 70.6 Å². The number of hydrogen-bond donors (Lipinski definition) is 2. The van der Waals surface area contributed by atoms with Crippen molar-refractivity contribution in [2.24, 2.45) is 4.99 Å². The zero-order chi connectivity index (χ0) is 17.0. The highest BCUT2D eigenvalue weighted by Crippen LogP contribution is 2.07. The van der Waals surface area contributed by atoms with Gasteiger partial charge in [-0.15, -0.1) is 0 Å². The molecule has 0 aliphatic rings. The summed E-state index contributed by atoms with van der Waals surface area (Å²) in [5, 5.41) is 6.33. The van der Waals surface area contributed by atoms with Crippen LogP contribution in [0.25, 0.3) is 0 Å². The van der Waals surface area contributed by atoms with Gasteiger partial charge in [0.1, 0.15) is 12.4 Å². The molecule has 0 aliphatic heterocycles. The smallest absolute Gasteiger partial charge is 0.191 e. The highest BCUT2D eigenvalue weighted by Gasteiger charge is 2.03. The number of hydrogen-bond acceptors (Lipinski definition) is 3. The summed E-state index contributed by atoms with van der Waals surface area (Å²) in [5.74, 6) is 2.06. The average Bonchev–Trinajstić information content (AvgIpc) is 2.65. The van der Waals surface area contributed by atoms with Gasteiger partial charge in [-0.25, -0.2) is 0 Å². The predicted molar refractivity (Wildman–Crippen MR) is 99.0 cm³/mol. The summed E-state index contributed by atoms with van der Waals surface area (Å²) in [6, 6.07) is 19.2. The van der Waals surface area contributed by atoms with Gasteiger partial charge in [0.05, 0.1) is 17.3 Å². The second kappa shape index (κ2) is 10.4. The summed E-state index contributed by atoms with van der Waals surface area (Å²) in [7, 11) is 0.706. The first-order chi connectivity index (χ1) is 11.8. The number of aliphatic imine (C=N–C) groups is 1. The molecule has 2 aromatic rings. The second-order valence-corrected chi connectivity index (χ2v) is 6.52. The molecule has 6 heteroatoms. The first kappa shape index (κ1) is 18.0. The fourth-order valence-electron chi connectivity index (χ4n) is 2.03. The molecular weight excluding hydrogens is 322 g/mol. The van der Waals surface area contributed by atoms with Crippen molar-refractivity contribution >= 4 is 16.8 Å². The summed E-state index contributed by atoms with van der Waals surface area (Å²) in [6.07, 6.45) is 0. The van der Waals surface area contributed by atoms with Crippen molar-refractivity contribution < 1.29 is 8.95 Å². The molecule has 0 saturated carbocycles. The van der Waals surface area contributed by atoms with Crippen LogP contribution in [0.3, 0.4) is 0 Å². The Morgan fingerprint density at radius 2 is 1.62 bits per heavy atom. The molecule has 0 radical (unpaired) electrons. The molecule has 5 nitrogen and oxygen atoms in total. The van der Waals surface area contributed by atoms with Gasteiger partial charge in [0.2, 0.25) is 0 Å². The molecule has 0 heterocycles. The van der Waals surface area contributed by atoms with Gasteiger partial charge in [-0.3, -0.25) is 9.20 Å². The molecule has 0 fully saturated rings. The van der Waals surface area contributed by atoms with E-state index in [-0.39, 0.29) is 0 Å². The number of nitrogens with zero attached hydrogens (tertiary/aromatic N) is 1. The van der Waals surface area contributed by atoms with E-state index < -0.39 is 10.8 Å². The van der Waals surface area contributed by atoms with Gasteiger partial charge in [-0.05, 0) is 24.3 Å². The number of rotatable bonds is 8. The van der Waals surface area contributed by atoms with Gasteiger partial charge < -0.3 is 15.4 Å². The van der Waals surface area contributed by atoms with E-state index in [4.69, 9.17) is 4.74 Å². The van der Waals surface area contributed by atoms with Crippen molar-refractivity contribution in [1.82, 2.24) is 10.6 Å². The molecule has 2 N–H and O–H groups in total. The second-order valence-electron chi connectivity index (χ2n) is 4.95. The van der Waals surface area contributed by atoms with Crippen molar-refractivity contribution in [3.63, 3.8) is 0 Å². The monoisotopic (exact) mass is 345 g/mol. The minimum absolute atomic E-state index is 0.533. The molecule has 128 valence electrons. The topological polar surface area (TPSA) is 62.7 Å². The standard InChI is InChI=1S/C18H23N3O2S/c1-19-18(20-12-14-23-16-8-4-2-5-9-16)21-13-15-24(22)17-10-6-3-7-11-17/h2-11H,12-15H2,1H3,(H2,19,20,21). The molecule has 24 heavy (non-hydrogen) atoms. The average molecular weight is 345 g/mol. The third-order valence-corrected chi connectivity index (χ3v) is 4.59. The highest BCUT2D eigenvalue weighted by atomic mass is 32.2. The zero-order valence-corrected chi connectivity index (χ0v) is 14.6. The van der Waals surface area contributed by atoms with Crippen LogP contribution in [0.2, 0.25) is 0 Å². The van der Waals surface area contributed by atoms with Crippen LogP contribution in [0.5, 0.6) is 5.75 Å². The lowest BCUT2D eigenvalue weighted by Crippen LogP contribution is -2.40. The maximum absolute atomic E-state index is 12.1. The van der Waals surface area contributed by atoms with Crippen LogP contribution in [-0.4, -0.2) is 42.7 Å². The maximum atomic E-state index is 12.1. The van der Waals surface area contributed by atoms with E-state index >= 15 is 0 Å². The molecule has 0 saturated heterocycles. The number of para-hydroxylation sites is 1. The summed E-state index contributed by atoms with van der Waals surface area (Å²) >= 11 is 0. The summed E-state index contributed by atoms with van der Waals surface area (Å²) < 4.78 is 17.7. The molecule has 2 rings (SSSR count). The van der Waals surface area contributed by atoms with Crippen LogP contribution in [-0.2, 0) is 10.8 Å². The Bertz CT molecular complexity index is 648. The minimum Gasteiger partial charge on any atom is -0.492 e. The highest BCUT2D eigenvalue weighted by molar-refractivity contribution is 7.85. The maximum Gasteiger partial charge on any atom is 0.191 e. The fraction of sp³-hybridized carbons (Fsp3) is 0.278. The van der Waals surface area contributed by atoms with E-state index in [1.165, 1.54) is 0 Å². The van der Waals surface area contributed by atoms with Crippen LogP contribution in [0, 0.1) is 0 Å². The molecule has 2 aromatic carbocycles. The lowest BCUT2D eigenvalue weighted by Gasteiger charge is -2.12. The Hall–Kier alpha value is -2.34. The van der Waals surface area contributed by atoms with E-state index in [1.54, 1.807) is 7.05 Å². The molecule has 0 spiro atoms. The van der Waals surface area contributed by atoms with Crippen molar-refractivity contribution in [2.45, 2.75) is 4.90 Å². The Balaban J connectivity index is 1.63. The van der Waals surface area contributed by atoms with E-state index in [2.05, 4.69) is 15.6 Å². The van der Waals surface area contributed by atoms with Gasteiger partial charge in [-0.2, -0.15) is 0 Å². The number of nitrogens with one attached hydrogen (secondary N) is 2. The SMILES string of the molecule is CN=C(NCCOc1ccccc1)NCCS(=O)c1ccccc1. The number of benzene rings is 2. The summed E-state index contributed by atoms with van der Waals surface area (Å²) in [6.45, 7) is 1.76. The third-order valence-electron chi connectivity index (χ3n) is 3.22. The molecule has 1 atom stereocenters. The fourth-order valence-corrected chi connectivity index (χ4v) is 3.01. The Labute approximate surface area is 145 Å². The van der Waals surface area contributed by atoms with Crippen molar-refractivity contribution in [1.29, 1.82) is 0 Å². The van der Waals surface area contributed by atoms with Gasteiger partial charge in [0, 0.05) is 24.2 Å². The summed E-state index contributed by atoms with van der Waals surface area (Å²) in [5.41, 5.74) is 0. The number of guanidine groups is 1. The molecule has 0 amide bonds. The van der Waals surface area contributed by atoms with E-state index in [1.807, 2.05) is 60.7 Å². The van der Waals surface area contributed by atoms with Gasteiger partial charge in [0.25, 0.3) is 0 Å².